The van der Waals surface area contributed by atoms with Crippen LogP contribution in [0, 0.1) is 11.3 Å². The third-order valence-corrected chi connectivity index (χ3v) is 5.78. The molecule has 0 aliphatic carbocycles. The second-order valence-electron chi connectivity index (χ2n) is 4.63. The van der Waals surface area contributed by atoms with E-state index < -0.39 is 10.0 Å². The van der Waals surface area contributed by atoms with E-state index in [1.54, 1.807) is 0 Å². The molecule has 114 valence electrons. The lowest BCUT2D eigenvalue weighted by Crippen LogP contribution is -2.30. The highest BCUT2D eigenvalue weighted by atomic mass is 35.5. The Morgan fingerprint density at radius 3 is 2.33 bits per heavy atom. The summed E-state index contributed by atoms with van der Waals surface area (Å²) in [5.41, 5.74) is 0.240. The first-order valence-electron chi connectivity index (χ1n) is 6.19. The Morgan fingerprint density at radius 2 is 1.86 bits per heavy atom. The molecule has 1 fully saturated rings. The third-order valence-electron chi connectivity index (χ3n) is 3.47. The van der Waals surface area contributed by atoms with Gasteiger partial charge in [-0.15, -0.1) is 0 Å². The van der Waals surface area contributed by atoms with Crippen molar-refractivity contribution in [1.82, 2.24) is 4.31 Å². The lowest BCUT2D eigenvalue weighted by Gasteiger charge is -2.17. The molecule has 0 saturated carbocycles. The summed E-state index contributed by atoms with van der Waals surface area (Å²) in [7, 11) is -0.778. The quantitative estimate of drug-likeness (QED) is 0.830. The number of halogens is 1. The molecule has 0 radical (unpaired) electrons. The lowest BCUT2D eigenvalue weighted by atomic mass is 10.2. The van der Waals surface area contributed by atoms with Crippen LogP contribution in [0.1, 0.15) is 5.56 Å². The second-order valence-corrected chi connectivity index (χ2v) is 6.94. The largest absolute Gasteiger partial charge is 0.377 e. The second kappa shape index (κ2) is 6.30. The number of sulfonamides is 1. The average Bonchev–Trinajstić information content (AvgIpc) is 2.91. The number of hydrogen-bond donors (Lipinski definition) is 0. The first-order chi connectivity index (χ1) is 9.93. The van der Waals surface area contributed by atoms with Crippen LogP contribution in [0.3, 0.4) is 0 Å². The summed E-state index contributed by atoms with van der Waals surface area (Å²) in [4.78, 5) is -0.0742. The minimum atomic E-state index is -3.80. The first-order valence-corrected chi connectivity index (χ1v) is 8.01. The zero-order chi connectivity index (χ0) is 15.6. The Morgan fingerprint density at radius 1 is 1.29 bits per heavy atom. The van der Waals surface area contributed by atoms with Crippen LogP contribution in [-0.4, -0.2) is 52.2 Å². The van der Waals surface area contributed by atoms with Crippen LogP contribution in [0.4, 0.5) is 0 Å². The van der Waals surface area contributed by atoms with Crippen LogP contribution in [-0.2, 0) is 19.5 Å². The number of rotatable bonds is 4. The van der Waals surface area contributed by atoms with E-state index in [1.807, 2.05) is 6.07 Å². The number of nitriles is 1. The molecular formula is C13H15ClN2O4S. The van der Waals surface area contributed by atoms with Gasteiger partial charge in [0.05, 0.1) is 28.9 Å². The maximum Gasteiger partial charge on any atom is 0.244 e. The van der Waals surface area contributed by atoms with Crippen molar-refractivity contribution >= 4 is 21.6 Å². The summed E-state index contributed by atoms with van der Waals surface area (Å²) in [6.07, 6.45) is -0.662. The molecule has 2 rings (SSSR count). The normalized spacial score (nSPS) is 23.1. The van der Waals surface area contributed by atoms with E-state index in [4.69, 9.17) is 26.3 Å². The van der Waals surface area contributed by atoms with Crippen molar-refractivity contribution in [3.8, 4) is 6.07 Å². The van der Waals surface area contributed by atoms with Crippen LogP contribution < -0.4 is 0 Å². The van der Waals surface area contributed by atoms with Crippen LogP contribution in [0.5, 0.6) is 0 Å². The zero-order valence-corrected chi connectivity index (χ0v) is 13.2. The van der Waals surface area contributed by atoms with Crippen molar-refractivity contribution in [2.24, 2.45) is 0 Å². The van der Waals surface area contributed by atoms with Crippen molar-refractivity contribution in [1.29, 1.82) is 5.26 Å². The van der Waals surface area contributed by atoms with E-state index in [2.05, 4.69) is 0 Å². The standard InChI is InChI=1S/C13H15ClN2O4S/c1-19-11-7-16(8-12(11)20-2)21(17,18)13-5-9(6-15)3-4-10(13)14/h3-5,11-12H,7-8H2,1-2H3. The molecule has 0 spiro atoms. The number of ether oxygens (including phenoxy) is 2. The van der Waals surface area contributed by atoms with E-state index in [9.17, 15) is 8.42 Å². The Balaban J connectivity index is 2.38. The molecule has 0 aromatic heterocycles. The van der Waals surface area contributed by atoms with Crippen molar-refractivity contribution < 1.29 is 17.9 Å². The van der Waals surface area contributed by atoms with Crippen LogP contribution in [0.2, 0.25) is 5.02 Å². The molecule has 1 aliphatic rings. The maximum absolute atomic E-state index is 12.7. The van der Waals surface area contributed by atoms with Gasteiger partial charge in [0.2, 0.25) is 10.0 Å². The zero-order valence-electron chi connectivity index (χ0n) is 11.6. The molecule has 0 amide bonds. The van der Waals surface area contributed by atoms with Crippen molar-refractivity contribution in [3.63, 3.8) is 0 Å². The summed E-state index contributed by atoms with van der Waals surface area (Å²) < 4.78 is 37.1. The third kappa shape index (κ3) is 3.05. The van der Waals surface area contributed by atoms with Gasteiger partial charge >= 0.3 is 0 Å². The number of benzene rings is 1. The molecule has 1 saturated heterocycles. The summed E-state index contributed by atoms with van der Waals surface area (Å²) in [5, 5.41) is 8.99. The number of methoxy groups -OCH3 is 2. The Kier molecular flexibility index (Phi) is 4.86. The van der Waals surface area contributed by atoms with Gasteiger partial charge in [-0.25, -0.2) is 8.42 Å². The van der Waals surface area contributed by atoms with Gasteiger partial charge in [0.25, 0.3) is 0 Å². The topological polar surface area (TPSA) is 79.6 Å². The molecular weight excluding hydrogens is 316 g/mol. The van der Waals surface area contributed by atoms with Gasteiger partial charge in [0.15, 0.2) is 0 Å². The summed E-state index contributed by atoms with van der Waals surface area (Å²) in [6, 6.07) is 6.06. The lowest BCUT2D eigenvalue weighted by molar-refractivity contribution is -0.00461. The predicted molar refractivity (Wildman–Crippen MR) is 76.5 cm³/mol. The fraction of sp³-hybridized carbons (Fsp3) is 0.462. The molecule has 0 N–H and O–H groups in total. The minimum Gasteiger partial charge on any atom is -0.377 e. The van der Waals surface area contributed by atoms with Crippen LogP contribution >= 0.6 is 11.6 Å². The number of hydrogen-bond acceptors (Lipinski definition) is 5. The van der Waals surface area contributed by atoms with Gasteiger partial charge in [-0.05, 0) is 18.2 Å². The summed E-state index contributed by atoms with van der Waals surface area (Å²) in [6.45, 7) is 0.370. The Labute approximate surface area is 128 Å². The van der Waals surface area contributed by atoms with E-state index in [0.29, 0.717) is 0 Å². The predicted octanol–water partition coefficient (Wildman–Crippen LogP) is 1.25. The van der Waals surface area contributed by atoms with Crippen molar-refractivity contribution in [2.75, 3.05) is 27.3 Å². The highest BCUT2D eigenvalue weighted by Crippen LogP contribution is 2.29. The van der Waals surface area contributed by atoms with Gasteiger partial charge in [0, 0.05) is 27.3 Å². The highest BCUT2D eigenvalue weighted by Gasteiger charge is 2.40. The maximum atomic E-state index is 12.7. The van der Waals surface area contributed by atoms with Gasteiger partial charge in [0.1, 0.15) is 4.90 Å². The Hall–Kier alpha value is -1.17. The van der Waals surface area contributed by atoms with Gasteiger partial charge in [-0.3, -0.25) is 0 Å². The van der Waals surface area contributed by atoms with Crippen LogP contribution in [0.25, 0.3) is 0 Å². The summed E-state index contributed by atoms with van der Waals surface area (Å²) in [5.74, 6) is 0. The highest BCUT2D eigenvalue weighted by molar-refractivity contribution is 7.89. The van der Waals surface area contributed by atoms with Gasteiger partial charge < -0.3 is 9.47 Å². The van der Waals surface area contributed by atoms with Gasteiger partial charge in [-0.2, -0.15) is 9.57 Å². The average molecular weight is 331 g/mol. The smallest absolute Gasteiger partial charge is 0.244 e. The number of nitrogens with zero attached hydrogens (tertiary/aromatic N) is 2. The molecule has 1 aliphatic heterocycles. The van der Waals surface area contributed by atoms with Crippen molar-refractivity contribution in [3.05, 3.63) is 28.8 Å². The molecule has 1 heterocycles. The molecule has 1 aromatic rings. The summed E-state index contributed by atoms with van der Waals surface area (Å²) >= 11 is 5.98. The molecule has 2 atom stereocenters. The van der Waals surface area contributed by atoms with Gasteiger partial charge in [-0.1, -0.05) is 11.6 Å². The molecule has 0 bridgehead atoms. The van der Waals surface area contributed by atoms with Crippen molar-refractivity contribution in [2.45, 2.75) is 17.1 Å². The Bertz CT molecular complexity index is 659. The van der Waals surface area contributed by atoms with Crippen LogP contribution in [0.15, 0.2) is 23.1 Å². The fourth-order valence-corrected chi connectivity index (χ4v) is 4.23. The fourth-order valence-electron chi connectivity index (χ4n) is 2.27. The first kappa shape index (κ1) is 16.2. The monoisotopic (exact) mass is 330 g/mol. The van der Waals surface area contributed by atoms with E-state index in [-0.39, 0.29) is 40.8 Å². The molecule has 8 heteroatoms. The molecule has 21 heavy (non-hydrogen) atoms. The molecule has 6 nitrogen and oxygen atoms in total. The van der Waals surface area contributed by atoms with E-state index >= 15 is 0 Å². The minimum absolute atomic E-state index is 0.0742. The molecule has 2 unspecified atom stereocenters. The van der Waals surface area contributed by atoms with E-state index in [1.165, 1.54) is 36.7 Å². The SMILES string of the molecule is COC1CN(S(=O)(=O)c2cc(C#N)ccc2Cl)CC1OC. The van der Waals surface area contributed by atoms with E-state index in [0.717, 1.165) is 0 Å². The molecule has 1 aromatic carbocycles.